The van der Waals surface area contributed by atoms with Crippen LogP contribution in [0.5, 0.6) is 0 Å². The zero-order valence-corrected chi connectivity index (χ0v) is 12.0. The lowest BCUT2D eigenvalue weighted by molar-refractivity contribution is 0.0780. The van der Waals surface area contributed by atoms with Crippen LogP contribution in [0.1, 0.15) is 23.2 Å². The van der Waals surface area contributed by atoms with Gasteiger partial charge in [0.05, 0.1) is 10.6 Å². The summed E-state index contributed by atoms with van der Waals surface area (Å²) in [5.74, 6) is 0.966. The summed E-state index contributed by atoms with van der Waals surface area (Å²) in [5.41, 5.74) is 6.58. The van der Waals surface area contributed by atoms with E-state index in [1.807, 2.05) is 4.90 Å². The number of nitrogens with two attached hydrogens (primary N) is 1. The first-order chi connectivity index (χ1) is 9.06. The van der Waals surface area contributed by atoms with E-state index >= 15 is 0 Å². The molecule has 1 heterocycles. The van der Waals surface area contributed by atoms with E-state index in [1.165, 1.54) is 0 Å². The van der Waals surface area contributed by atoms with Crippen LogP contribution in [-0.4, -0.2) is 29.9 Å². The van der Waals surface area contributed by atoms with Gasteiger partial charge in [0.2, 0.25) is 0 Å². The summed E-state index contributed by atoms with van der Waals surface area (Å²) < 4.78 is 0. The van der Waals surface area contributed by atoms with E-state index in [0.29, 0.717) is 27.4 Å². The van der Waals surface area contributed by atoms with E-state index in [1.54, 1.807) is 18.2 Å². The fourth-order valence-corrected chi connectivity index (χ4v) is 3.68. The molecule has 1 aromatic carbocycles. The highest BCUT2D eigenvalue weighted by atomic mass is 35.5. The Balaban J connectivity index is 1.80. The number of likely N-dealkylation sites (tertiary alicyclic amines) is 1. The Kier molecular flexibility index (Phi) is 3.46. The summed E-state index contributed by atoms with van der Waals surface area (Å²) in [5, 5.41) is 0.986. The van der Waals surface area contributed by atoms with Crippen molar-refractivity contribution < 1.29 is 4.79 Å². The Morgan fingerprint density at radius 1 is 1.26 bits per heavy atom. The van der Waals surface area contributed by atoms with E-state index in [-0.39, 0.29) is 11.9 Å². The monoisotopic (exact) mass is 298 g/mol. The number of carbonyl (C=O) groups is 1. The van der Waals surface area contributed by atoms with E-state index < -0.39 is 0 Å². The summed E-state index contributed by atoms with van der Waals surface area (Å²) in [6.45, 7) is 1.54. The molecule has 2 fully saturated rings. The number of fused-ring (bicyclic) bond motifs is 1. The molecule has 1 aromatic rings. The minimum atomic E-state index is -0.0332. The van der Waals surface area contributed by atoms with Crippen LogP contribution in [0.2, 0.25) is 10.0 Å². The third kappa shape index (κ3) is 2.35. The molecule has 0 bridgehead atoms. The van der Waals surface area contributed by atoms with Crippen molar-refractivity contribution in [1.82, 2.24) is 4.90 Å². The van der Waals surface area contributed by atoms with Gasteiger partial charge >= 0.3 is 0 Å². The van der Waals surface area contributed by atoms with Crippen molar-refractivity contribution >= 4 is 29.1 Å². The lowest BCUT2D eigenvalue weighted by atomic mass is 9.98. The number of hydrogen-bond acceptors (Lipinski definition) is 2. The summed E-state index contributed by atoms with van der Waals surface area (Å²) in [7, 11) is 0. The molecular weight excluding hydrogens is 283 g/mol. The lowest BCUT2D eigenvalue weighted by Crippen LogP contribution is -2.33. The average Bonchev–Trinajstić information content (AvgIpc) is 2.94. The summed E-state index contributed by atoms with van der Waals surface area (Å²) in [6.07, 6.45) is 2.20. The van der Waals surface area contributed by atoms with E-state index in [0.717, 1.165) is 25.9 Å². The molecule has 1 aliphatic carbocycles. The largest absolute Gasteiger partial charge is 0.338 e. The van der Waals surface area contributed by atoms with Crippen LogP contribution in [-0.2, 0) is 0 Å². The summed E-state index contributed by atoms with van der Waals surface area (Å²) in [4.78, 5) is 14.4. The van der Waals surface area contributed by atoms with Crippen LogP contribution in [0.3, 0.4) is 0 Å². The molecule has 102 valence electrons. The summed E-state index contributed by atoms with van der Waals surface area (Å²) in [6, 6.07) is 5.23. The zero-order valence-electron chi connectivity index (χ0n) is 10.5. The van der Waals surface area contributed by atoms with Gasteiger partial charge in [-0.15, -0.1) is 0 Å². The Morgan fingerprint density at radius 2 is 2.05 bits per heavy atom. The second-order valence-electron chi connectivity index (χ2n) is 5.50. The van der Waals surface area contributed by atoms with Crippen LogP contribution in [0.15, 0.2) is 18.2 Å². The Labute approximate surface area is 122 Å². The number of amides is 1. The van der Waals surface area contributed by atoms with Gasteiger partial charge in [-0.05, 0) is 42.9 Å². The highest BCUT2D eigenvalue weighted by molar-refractivity contribution is 6.35. The second-order valence-corrected chi connectivity index (χ2v) is 6.34. The molecule has 5 heteroatoms. The molecule has 1 saturated carbocycles. The molecule has 3 unspecified atom stereocenters. The molecule has 3 nitrogen and oxygen atoms in total. The number of rotatable bonds is 1. The van der Waals surface area contributed by atoms with Gasteiger partial charge in [0.25, 0.3) is 5.91 Å². The van der Waals surface area contributed by atoms with Gasteiger partial charge in [-0.3, -0.25) is 4.79 Å². The van der Waals surface area contributed by atoms with Crippen molar-refractivity contribution in [2.75, 3.05) is 13.1 Å². The molecule has 2 aliphatic rings. The Morgan fingerprint density at radius 3 is 2.79 bits per heavy atom. The minimum absolute atomic E-state index is 0.0332. The lowest BCUT2D eigenvalue weighted by Gasteiger charge is -2.19. The van der Waals surface area contributed by atoms with Crippen molar-refractivity contribution in [2.24, 2.45) is 17.6 Å². The van der Waals surface area contributed by atoms with Crippen molar-refractivity contribution in [3.05, 3.63) is 33.8 Å². The highest BCUT2D eigenvalue weighted by Gasteiger charge is 2.42. The van der Waals surface area contributed by atoms with Crippen LogP contribution in [0.25, 0.3) is 0 Å². The van der Waals surface area contributed by atoms with E-state index in [4.69, 9.17) is 28.9 Å². The maximum absolute atomic E-state index is 12.5. The maximum Gasteiger partial charge on any atom is 0.255 e. The fraction of sp³-hybridized carbons (Fsp3) is 0.500. The predicted octanol–water partition coefficient (Wildman–Crippen LogP) is 2.80. The van der Waals surface area contributed by atoms with Gasteiger partial charge in [0.15, 0.2) is 0 Å². The number of nitrogens with zero attached hydrogens (tertiary/aromatic N) is 1. The molecule has 2 N–H and O–H groups in total. The Bertz CT molecular complexity index is 520. The van der Waals surface area contributed by atoms with Crippen LogP contribution in [0, 0.1) is 11.8 Å². The second kappa shape index (κ2) is 4.97. The van der Waals surface area contributed by atoms with E-state index in [2.05, 4.69) is 0 Å². The van der Waals surface area contributed by atoms with Gasteiger partial charge in [-0.2, -0.15) is 0 Å². The molecule has 3 atom stereocenters. The molecule has 0 radical (unpaired) electrons. The van der Waals surface area contributed by atoms with Crippen molar-refractivity contribution in [3.63, 3.8) is 0 Å². The topological polar surface area (TPSA) is 46.3 Å². The number of benzene rings is 1. The predicted molar refractivity (Wildman–Crippen MR) is 76.6 cm³/mol. The van der Waals surface area contributed by atoms with E-state index in [9.17, 15) is 4.79 Å². The third-order valence-corrected chi connectivity index (χ3v) is 4.92. The first kappa shape index (κ1) is 13.2. The number of halogens is 2. The molecular formula is C14H16Cl2N2O. The summed E-state index contributed by atoms with van der Waals surface area (Å²) >= 11 is 12.0. The number of carbonyl (C=O) groups excluding carboxylic acids is 1. The standard InChI is InChI=1S/C14H16Cl2N2O/c15-9-2-3-12(16)10(5-9)14(19)18-6-8-1-4-13(17)11(8)7-18/h2-3,5,8,11,13H,1,4,6-7,17H2. The molecule has 0 aromatic heterocycles. The fourth-order valence-electron chi connectivity index (χ4n) is 3.31. The molecule has 19 heavy (non-hydrogen) atoms. The molecule has 1 amide bonds. The third-order valence-electron chi connectivity index (χ3n) is 4.36. The molecule has 1 saturated heterocycles. The first-order valence-electron chi connectivity index (χ1n) is 6.56. The number of hydrogen-bond donors (Lipinski definition) is 1. The minimum Gasteiger partial charge on any atom is -0.338 e. The van der Waals surface area contributed by atoms with Crippen LogP contribution < -0.4 is 5.73 Å². The van der Waals surface area contributed by atoms with Crippen molar-refractivity contribution in [1.29, 1.82) is 0 Å². The van der Waals surface area contributed by atoms with Crippen LogP contribution >= 0.6 is 23.2 Å². The molecule has 0 spiro atoms. The molecule has 1 aliphatic heterocycles. The Hall–Kier alpha value is -0.770. The van der Waals surface area contributed by atoms with Gasteiger partial charge in [0.1, 0.15) is 0 Å². The van der Waals surface area contributed by atoms with Gasteiger partial charge in [0, 0.05) is 24.2 Å². The normalized spacial score (nSPS) is 29.6. The van der Waals surface area contributed by atoms with Gasteiger partial charge in [-0.1, -0.05) is 23.2 Å². The van der Waals surface area contributed by atoms with Gasteiger partial charge in [-0.25, -0.2) is 0 Å². The smallest absolute Gasteiger partial charge is 0.255 e. The molecule has 3 rings (SSSR count). The first-order valence-corrected chi connectivity index (χ1v) is 7.32. The highest BCUT2D eigenvalue weighted by Crippen LogP contribution is 2.38. The SMILES string of the molecule is NC1CCC2CN(C(=O)c3cc(Cl)ccc3Cl)CC12. The van der Waals surface area contributed by atoms with Gasteiger partial charge < -0.3 is 10.6 Å². The van der Waals surface area contributed by atoms with Crippen molar-refractivity contribution in [2.45, 2.75) is 18.9 Å². The zero-order chi connectivity index (χ0) is 13.6. The quantitative estimate of drug-likeness (QED) is 0.866. The maximum atomic E-state index is 12.5. The van der Waals surface area contributed by atoms with Crippen molar-refractivity contribution in [3.8, 4) is 0 Å². The average molecular weight is 299 g/mol. The van der Waals surface area contributed by atoms with Crippen LogP contribution in [0.4, 0.5) is 0 Å².